The van der Waals surface area contributed by atoms with Crippen molar-refractivity contribution in [2.45, 2.75) is 13.5 Å². The van der Waals surface area contributed by atoms with Crippen LogP contribution in [0.25, 0.3) is 11.4 Å². The fourth-order valence-corrected chi connectivity index (χ4v) is 1.94. The summed E-state index contributed by atoms with van der Waals surface area (Å²) >= 11 is 0. The van der Waals surface area contributed by atoms with Gasteiger partial charge < -0.3 is 14.9 Å². The number of aryl methyl sites for hydroxylation is 1. The minimum absolute atomic E-state index is 0.177. The topological polar surface area (TPSA) is 71.2 Å². The second-order valence-corrected chi connectivity index (χ2v) is 4.78. The zero-order chi connectivity index (χ0) is 14.7. The first kappa shape index (κ1) is 13.2. The molecule has 5 heteroatoms. The zero-order valence-electron chi connectivity index (χ0n) is 11.6. The van der Waals surface area contributed by atoms with Crippen molar-refractivity contribution in [1.82, 2.24) is 10.1 Å². The van der Waals surface area contributed by atoms with E-state index in [0.29, 0.717) is 18.3 Å². The third-order valence-corrected chi connectivity index (χ3v) is 3.07. The predicted octanol–water partition coefficient (Wildman–Crippen LogP) is 3.36. The summed E-state index contributed by atoms with van der Waals surface area (Å²) in [5.41, 5.74) is 2.93. The summed E-state index contributed by atoms with van der Waals surface area (Å²) in [5, 5.41) is 16.6. The number of phenolic OH excluding ortho intramolecular Hbond substituents is 1. The SMILES string of the molecule is Cc1ccc(NCc2nc(-c3cccc(O)c3)no2)cc1. The van der Waals surface area contributed by atoms with Gasteiger partial charge in [0, 0.05) is 11.3 Å². The van der Waals surface area contributed by atoms with Crippen LogP contribution in [0.4, 0.5) is 5.69 Å². The van der Waals surface area contributed by atoms with E-state index in [1.54, 1.807) is 18.2 Å². The molecular formula is C16H15N3O2. The van der Waals surface area contributed by atoms with Gasteiger partial charge in [-0.05, 0) is 31.2 Å². The molecule has 0 radical (unpaired) electrons. The molecule has 3 aromatic rings. The maximum absolute atomic E-state index is 9.46. The van der Waals surface area contributed by atoms with Crippen LogP contribution < -0.4 is 5.32 Å². The molecule has 0 fully saturated rings. The van der Waals surface area contributed by atoms with E-state index in [-0.39, 0.29) is 5.75 Å². The lowest BCUT2D eigenvalue weighted by Crippen LogP contribution is -1.99. The number of aromatic hydroxyl groups is 1. The highest BCUT2D eigenvalue weighted by Crippen LogP contribution is 2.20. The number of nitrogens with one attached hydrogen (secondary N) is 1. The largest absolute Gasteiger partial charge is 0.508 e. The van der Waals surface area contributed by atoms with Crippen LogP contribution in [-0.2, 0) is 6.54 Å². The molecular weight excluding hydrogens is 266 g/mol. The van der Waals surface area contributed by atoms with Gasteiger partial charge in [0.25, 0.3) is 0 Å². The van der Waals surface area contributed by atoms with Crippen LogP contribution in [0.5, 0.6) is 5.75 Å². The van der Waals surface area contributed by atoms with Crippen molar-refractivity contribution in [3.05, 3.63) is 60.0 Å². The normalized spacial score (nSPS) is 10.5. The Morgan fingerprint density at radius 2 is 1.95 bits per heavy atom. The fraction of sp³-hybridized carbons (Fsp3) is 0.125. The molecule has 2 aromatic carbocycles. The monoisotopic (exact) mass is 281 g/mol. The van der Waals surface area contributed by atoms with Crippen molar-refractivity contribution in [3.63, 3.8) is 0 Å². The lowest BCUT2D eigenvalue weighted by Gasteiger charge is -2.02. The van der Waals surface area contributed by atoms with Crippen molar-refractivity contribution in [2.24, 2.45) is 0 Å². The van der Waals surface area contributed by atoms with E-state index in [1.807, 2.05) is 37.3 Å². The first-order valence-electron chi connectivity index (χ1n) is 6.63. The van der Waals surface area contributed by atoms with E-state index < -0.39 is 0 Å². The Hall–Kier alpha value is -2.82. The molecule has 3 rings (SSSR count). The van der Waals surface area contributed by atoms with Crippen molar-refractivity contribution < 1.29 is 9.63 Å². The van der Waals surface area contributed by atoms with Gasteiger partial charge in [0.2, 0.25) is 11.7 Å². The van der Waals surface area contributed by atoms with Crippen molar-refractivity contribution >= 4 is 5.69 Å². The number of rotatable bonds is 4. The third-order valence-electron chi connectivity index (χ3n) is 3.07. The number of hydrogen-bond acceptors (Lipinski definition) is 5. The van der Waals surface area contributed by atoms with Gasteiger partial charge in [-0.15, -0.1) is 0 Å². The third kappa shape index (κ3) is 3.20. The highest BCUT2D eigenvalue weighted by Gasteiger charge is 2.08. The summed E-state index contributed by atoms with van der Waals surface area (Å²) in [6.45, 7) is 2.50. The Morgan fingerprint density at radius 1 is 1.14 bits per heavy atom. The average molecular weight is 281 g/mol. The van der Waals surface area contributed by atoms with Crippen molar-refractivity contribution in [3.8, 4) is 17.1 Å². The summed E-state index contributed by atoms with van der Waals surface area (Å²) in [7, 11) is 0. The quantitative estimate of drug-likeness (QED) is 0.767. The van der Waals surface area contributed by atoms with Gasteiger partial charge in [-0.25, -0.2) is 0 Å². The van der Waals surface area contributed by atoms with E-state index >= 15 is 0 Å². The first-order valence-corrected chi connectivity index (χ1v) is 6.63. The van der Waals surface area contributed by atoms with Crippen molar-refractivity contribution in [1.29, 1.82) is 0 Å². The van der Waals surface area contributed by atoms with E-state index in [1.165, 1.54) is 5.56 Å². The Kier molecular flexibility index (Phi) is 3.55. The molecule has 0 aliphatic rings. The zero-order valence-corrected chi connectivity index (χ0v) is 11.6. The molecule has 0 aliphatic carbocycles. The molecule has 0 amide bonds. The molecule has 0 saturated heterocycles. The number of aromatic nitrogens is 2. The molecule has 0 aliphatic heterocycles. The summed E-state index contributed by atoms with van der Waals surface area (Å²) in [4.78, 5) is 4.30. The standard InChI is InChI=1S/C16H15N3O2/c1-11-5-7-13(8-6-11)17-10-15-18-16(19-21-15)12-3-2-4-14(20)9-12/h2-9,17,20H,10H2,1H3. The van der Waals surface area contributed by atoms with Gasteiger partial charge in [-0.2, -0.15) is 4.98 Å². The Labute approximate surface area is 122 Å². The lowest BCUT2D eigenvalue weighted by atomic mass is 10.2. The van der Waals surface area contributed by atoms with Crippen LogP contribution >= 0.6 is 0 Å². The summed E-state index contributed by atoms with van der Waals surface area (Å²) in [6.07, 6.45) is 0. The number of anilines is 1. The highest BCUT2D eigenvalue weighted by atomic mass is 16.5. The first-order chi connectivity index (χ1) is 10.2. The number of nitrogens with zero attached hydrogens (tertiary/aromatic N) is 2. The van der Waals surface area contributed by atoms with Gasteiger partial charge in [-0.1, -0.05) is 35.0 Å². The molecule has 2 N–H and O–H groups in total. The Balaban J connectivity index is 1.69. The van der Waals surface area contributed by atoms with Crippen molar-refractivity contribution in [2.75, 3.05) is 5.32 Å². The molecule has 0 bridgehead atoms. The van der Waals surface area contributed by atoms with E-state index in [0.717, 1.165) is 11.3 Å². The van der Waals surface area contributed by atoms with Crippen LogP contribution in [0.2, 0.25) is 0 Å². The van der Waals surface area contributed by atoms with Gasteiger partial charge >= 0.3 is 0 Å². The van der Waals surface area contributed by atoms with Crippen LogP contribution in [0, 0.1) is 6.92 Å². The van der Waals surface area contributed by atoms with Gasteiger partial charge in [0.05, 0.1) is 6.54 Å². The summed E-state index contributed by atoms with van der Waals surface area (Å²) in [5.74, 6) is 1.14. The second-order valence-electron chi connectivity index (χ2n) is 4.78. The van der Waals surface area contributed by atoms with Crippen LogP contribution in [-0.4, -0.2) is 15.2 Å². The minimum atomic E-state index is 0.177. The van der Waals surface area contributed by atoms with Crippen LogP contribution in [0.3, 0.4) is 0 Å². The molecule has 0 unspecified atom stereocenters. The molecule has 1 aromatic heterocycles. The summed E-state index contributed by atoms with van der Waals surface area (Å²) in [6, 6.07) is 14.8. The number of phenols is 1. The molecule has 106 valence electrons. The second kappa shape index (κ2) is 5.66. The van der Waals surface area contributed by atoms with Gasteiger partial charge in [0.15, 0.2) is 0 Å². The minimum Gasteiger partial charge on any atom is -0.508 e. The molecule has 21 heavy (non-hydrogen) atoms. The van der Waals surface area contributed by atoms with E-state index in [2.05, 4.69) is 15.5 Å². The lowest BCUT2D eigenvalue weighted by molar-refractivity contribution is 0.384. The maximum atomic E-state index is 9.46. The molecule has 1 heterocycles. The molecule has 0 atom stereocenters. The average Bonchev–Trinajstić information content (AvgIpc) is 2.96. The molecule has 0 saturated carbocycles. The fourth-order valence-electron chi connectivity index (χ4n) is 1.94. The van der Waals surface area contributed by atoms with Gasteiger partial charge in [-0.3, -0.25) is 0 Å². The summed E-state index contributed by atoms with van der Waals surface area (Å²) < 4.78 is 5.20. The molecule has 5 nitrogen and oxygen atoms in total. The predicted molar refractivity (Wildman–Crippen MR) is 79.9 cm³/mol. The van der Waals surface area contributed by atoms with E-state index in [4.69, 9.17) is 4.52 Å². The Bertz CT molecular complexity index is 735. The molecule has 0 spiro atoms. The van der Waals surface area contributed by atoms with Gasteiger partial charge in [0.1, 0.15) is 5.75 Å². The highest BCUT2D eigenvalue weighted by molar-refractivity contribution is 5.56. The number of benzene rings is 2. The van der Waals surface area contributed by atoms with E-state index in [9.17, 15) is 5.11 Å². The van der Waals surface area contributed by atoms with Crippen LogP contribution in [0.15, 0.2) is 53.1 Å². The number of hydrogen-bond donors (Lipinski definition) is 2. The Morgan fingerprint density at radius 3 is 2.71 bits per heavy atom. The van der Waals surface area contributed by atoms with Crippen LogP contribution in [0.1, 0.15) is 11.5 Å². The smallest absolute Gasteiger partial charge is 0.246 e. The maximum Gasteiger partial charge on any atom is 0.246 e.